The molecular formula is C30H43NO4. The molecule has 0 amide bonds. The van der Waals surface area contributed by atoms with Crippen molar-refractivity contribution in [3.63, 3.8) is 0 Å². The first-order valence-electron chi connectivity index (χ1n) is 14.2. The Kier molecular flexibility index (Phi) is 4.68. The lowest BCUT2D eigenvalue weighted by molar-refractivity contribution is -0.303. The Morgan fingerprint density at radius 3 is 2.74 bits per heavy atom. The second-order valence-electron chi connectivity index (χ2n) is 13.7. The van der Waals surface area contributed by atoms with Crippen LogP contribution in [0.5, 0.6) is 11.5 Å². The maximum Gasteiger partial charge on any atom is 0.165 e. The molecule has 1 aromatic rings. The van der Waals surface area contributed by atoms with Crippen molar-refractivity contribution in [1.82, 2.24) is 4.90 Å². The first-order valence-corrected chi connectivity index (χ1v) is 14.2. The van der Waals surface area contributed by atoms with Crippen molar-refractivity contribution in [2.24, 2.45) is 23.2 Å². The van der Waals surface area contributed by atoms with Gasteiger partial charge in [0.05, 0.1) is 5.60 Å². The summed E-state index contributed by atoms with van der Waals surface area (Å²) in [6, 6.07) is 4.49. The van der Waals surface area contributed by atoms with Gasteiger partial charge in [0.1, 0.15) is 11.7 Å². The van der Waals surface area contributed by atoms with Gasteiger partial charge in [-0.2, -0.15) is 0 Å². The molecule has 0 radical (unpaired) electrons. The van der Waals surface area contributed by atoms with Crippen LogP contribution in [0.4, 0.5) is 0 Å². The summed E-state index contributed by atoms with van der Waals surface area (Å²) in [6.07, 6.45) is 9.55. The minimum atomic E-state index is -0.814. The van der Waals surface area contributed by atoms with Crippen LogP contribution in [0.15, 0.2) is 12.1 Å². The molecule has 1 aromatic carbocycles. The normalized spacial score (nSPS) is 42.6. The van der Waals surface area contributed by atoms with Crippen LogP contribution in [-0.2, 0) is 16.6 Å². The number of hydrogen-bond donors (Lipinski definition) is 2. The Bertz CT molecular complexity index is 1050. The van der Waals surface area contributed by atoms with Crippen LogP contribution in [0.3, 0.4) is 0 Å². The molecule has 2 spiro atoms. The maximum absolute atomic E-state index is 12.1. The number of benzene rings is 1. The fourth-order valence-corrected chi connectivity index (χ4v) is 9.88. The van der Waals surface area contributed by atoms with Gasteiger partial charge in [0.25, 0.3) is 0 Å². The molecule has 8 rings (SSSR count). The summed E-state index contributed by atoms with van der Waals surface area (Å²) in [7, 11) is 1.84. The number of nitrogens with zero attached hydrogens (tertiary/aromatic N) is 1. The second kappa shape index (κ2) is 7.17. The van der Waals surface area contributed by atoms with Gasteiger partial charge < -0.3 is 19.7 Å². The summed E-state index contributed by atoms with van der Waals surface area (Å²) >= 11 is 0. The van der Waals surface area contributed by atoms with Crippen molar-refractivity contribution in [3.05, 3.63) is 23.3 Å². The molecule has 2 N–H and O–H groups in total. The number of fused-ring (bicyclic) bond motifs is 2. The second-order valence-corrected chi connectivity index (χ2v) is 13.7. The van der Waals surface area contributed by atoms with Crippen LogP contribution in [0, 0.1) is 23.2 Å². The van der Waals surface area contributed by atoms with Crippen LogP contribution >= 0.6 is 0 Å². The van der Waals surface area contributed by atoms with E-state index < -0.39 is 11.2 Å². The van der Waals surface area contributed by atoms with Gasteiger partial charge in [-0.25, -0.2) is 0 Å². The Hall–Kier alpha value is -1.30. The van der Waals surface area contributed by atoms with E-state index in [0.29, 0.717) is 12.0 Å². The van der Waals surface area contributed by atoms with E-state index >= 15 is 0 Å². The Balaban J connectivity index is 1.41. The van der Waals surface area contributed by atoms with E-state index in [0.717, 1.165) is 63.2 Å². The molecule has 5 aliphatic carbocycles. The number of piperidine rings is 1. The quantitative estimate of drug-likeness (QED) is 0.586. The summed E-state index contributed by atoms with van der Waals surface area (Å²) in [6.45, 7) is 8.87. The molecular weight excluding hydrogens is 438 g/mol. The Labute approximate surface area is 210 Å². The molecule has 4 saturated carbocycles. The average molecular weight is 482 g/mol. The topological polar surface area (TPSA) is 62.2 Å². The average Bonchev–Trinajstić information content (AvgIpc) is 3.57. The molecule has 5 fully saturated rings. The number of aromatic hydroxyl groups is 1. The van der Waals surface area contributed by atoms with Crippen molar-refractivity contribution in [2.75, 3.05) is 20.2 Å². The number of phenolic OH excluding ortho intramolecular Hbond substituents is 1. The van der Waals surface area contributed by atoms with Gasteiger partial charge in [-0.15, -0.1) is 0 Å². The SMILES string of the molecule is CO[C@]12CC[C@@]3(C[C@@H]1[C@](C)(O)CCC(C)C)[C@H]1Cc4ccc(O)c5c4[C@@]3(CCN1CC1CC1)[C@H]2O5. The summed E-state index contributed by atoms with van der Waals surface area (Å²) < 4.78 is 13.5. The molecule has 192 valence electrons. The molecule has 5 heteroatoms. The monoisotopic (exact) mass is 481 g/mol. The lowest BCUT2D eigenvalue weighted by Crippen LogP contribution is -2.82. The standard InChI is InChI=1S/C30H43NO4/c1-18(2)9-10-27(3,33)22-16-28-11-12-30(22,34-4)26-29(28)13-14-31(17-19-5-6-19)23(28)15-20-7-8-21(32)25(35-26)24(20)29/h7-8,18-19,22-23,26,32-33H,5-6,9-17H2,1-4H3/t22-,23-,26-,27-,28-,29+,30-/m1/s1. The summed E-state index contributed by atoms with van der Waals surface area (Å²) in [4.78, 5) is 2.83. The van der Waals surface area contributed by atoms with E-state index in [1.165, 1.54) is 30.5 Å². The van der Waals surface area contributed by atoms with Gasteiger partial charge in [-0.3, -0.25) is 4.90 Å². The van der Waals surface area contributed by atoms with Gasteiger partial charge in [0.15, 0.2) is 11.5 Å². The van der Waals surface area contributed by atoms with Gasteiger partial charge in [-0.1, -0.05) is 19.9 Å². The molecule has 5 nitrogen and oxygen atoms in total. The van der Waals surface area contributed by atoms with Crippen LogP contribution in [-0.4, -0.2) is 58.7 Å². The van der Waals surface area contributed by atoms with Crippen molar-refractivity contribution < 1.29 is 19.7 Å². The Morgan fingerprint density at radius 2 is 2.03 bits per heavy atom. The van der Waals surface area contributed by atoms with E-state index in [2.05, 4.69) is 31.7 Å². The fraction of sp³-hybridized carbons (Fsp3) is 0.800. The van der Waals surface area contributed by atoms with Crippen molar-refractivity contribution in [1.29, 1.82) is 0 Å². The van der Waals surface area contributed by atoms with E-state index in [-0.39, 0.29) is 28.6 Å². The summed E-state index contributed by atoms with van der Waals surface area (Å²) in [5.41, 5.74) is 1.25. The third-order valence-electron chi connectivity index (χ3n) is 11.6. The van der Waals surface area contributed by atoms with E-state index in [1.807, 2.05) is 13.2 Å². The van der Waals surface area contributed by atoms with Crippen LogP contribution < -0.4 is 4.74 Å². The highest BCUT2D eigenvalue weighted by atomic mass is 16.6. The van der Waals surface area contributed by atoms with Crippen LogP contribution in [0.2, 0.25) is 0 Å². The van der Waals surface area contributed by atoms with Crippen LogP contribution in [0.1, 0.15) is 83.3 Å². The molecule has 2 heterocycles. The highest BCUT2D eigenvalue weighted by Crippen LogP contribution is 2.77. The lowest BCUT2D eigenvalue weighted by Gasteiger charge is -2.75. The summed E-state index contributed by atoms with van der Waals surface area (Å²) in [5.74, 6) is 2.43. The predicted molar refractivity (Wildman–Crippen MR) is 135 cm³/mol. The molecule has 2 aliphatic heterocycles. The van der Waals surface area contributed by atoms with Gasteiger partial charge in [0.2, 0.25) is 0 Å². The zero-order valence-electron chi connectivity index (χ0n) is 22.0. The first kappa shape index (κ1) is 22.9. The predicted octanol–water partition coefficient (Wildman–Crippen LogP) is 4.80. The van der Waals surface area contributed by atoms with Crippen LogP contribution in [0.25, 0.3) is 0 Å². The fourth-order valence-electron chi connectivity index (χ4n) is 9.88. The minimum Gasteiger partial charge on any atom is -0.504 e. The first-order chi connectivity index (χ1) is 16.7. The molecule has 7 aliphatic rings. The number of phenols is 1. The van der Waals surface area contributed by atoms with E-state index in [1.54, 1.807) is 0 Å². The molecule has 35 heavy (non-hydrogen) atoms. The number of hydrogen-bond acceptors (Lipinski definition) is 5. The molecule has 4 bridgehead atoms. The number of aliphatic hydroxyl groups is 1. The zero-order valence-corrected chi connectivity index (χ0v) is 22.0. The van der Waals surface area contributed by atoms with E-state index in [4.69, 9.17) is 9.47 Å². The molecule has 1 saturated heterocycles. The number of ether oxygens (including phenoxy) is 2. The number of methoxy groups -OCH3 is 1. The number of likely N-dealkylation sites (tertiary alicyclic amines) is 1. The lowest BCUT2D eigenvalue weighted by atomic mass is 9.33. The highest BCUT2D eigenvalue weighted by molar-refractivity contribution is 5.63. The smallest absolute Gasteiger partial charge is 0.165 e. The van der Waals surface area contributed by atoms with Crippen molar-refractivity contribution >= 4 is 0 Å². The van der Waals surface area contributed by atoms with Crippen molar-refractivity contribution in [2.45, 2.75) is 107 Å². The highest BCUT2D eigenvalue weighted by Gasteiger charge is 2.81. The molecule has 0 aromatic heterocycles. The number of rotatable bonds is 7. The summed E-state index contributed by atoms with van der Waals surface area (Å²) in [5, 5.41) is 23.1. The van der Waals surface area contributed by atoms with Gasteiger partial charge in [0, 0.05) is 42.0 Å². The molecule has 7 atom stereocenters. The zero-order chi connectivity index (χ0) is 24.4. The van der Waals surface area contributed by atoms with Gasteiger partial charge >= 0.3 is 0 Å². The maximum atomic E-state index is 12.1. The van der Waals surface area contributed by atoms with Gasteiger partial charge in [-0.05, 0) is 94.7 Å². The minimum absolute atomic E-state index is 0.0204. The van der Waals surface area contributed by atoms with Crippen molar-refractivity contribution in [3.8, 4) is 11.5 Å². The largest absolute Gasteiger partial charge is 0.504 e. The molecule has 0 unspecified atom stereocenters. The van der Waals surface area contributed by atoms with E-state index in [9.17, 15) is 10.2 Å². The third kappa shape index (κ3) is 2.71. The third-order valence-corrected chi connectivity index (χ3v) is 11.6. The Morgan fingerprint density at radius 1 is 1.23 bits per heavy atom.